The van der Waals surface area contributed by atoms with Crippen molar-refractivity contribution >= 4 is 10.9 Å². The molecule has 0 spiro atoms. The van der Waals surface area contributed by atoms with Crippen LogP contribution in [-0.4, -0.2) is 16.7 Å². The van der Waals surface area contributed by atoms with Crippen LogP contribution in [0.2, 0.25) is 0 Å². The summed E-state index contributed by atoms with van der Waals surface area (Å²) in [5, 5.41) is 10.4. The first kappa shape index (κ1) is 19.2. The van der Waals surface area contributed by atoms with E-state index in [9.17, 15) is 5.11 Å². The Morgan fingerprint density at radius 2 is 1.48 bits per heavy atom. The maximum absolute atomic E-state index is 9.27. The van der Waals surface area contributed by atoms with E-state index in [0.29, 0.717) is 6.61 Å². The molecule has 0 radical (unpaired) electrons. The fourth-order valence-electron chi connectivity index (χ4n) is 3.65. The van der Waals surface area contributed by atoms with Gasteiger partial charge in [-0.1, -0.05) is 66.7 Å². The van der Waals surface area contributed by atoms with Gasteiger partial charge in [0.05, 0.1) is 11.2 Å². The summed E-state index contributed by atoms with van der Waals surface area (Å²) in [4.78, 5) is 4.66. The van der Waals surface area contributed by atoms with Crippen molar-refractivity contribution in [3.8, 4) is 5.75 Å². The van der Waals surface area contributed by atoms with Gasteiger partial charge in [0.1, 0.15) is 12.4 Å². The second-order valence-corrected chi connectivity index (χ2v) is 7.18. The number of fused-ring (bicyclic) bond motifs is 1. The quantitative estimate of drug-likeness (QED) is 0.423. The van der Waals surface area contributed by atoms with Gasteiger partial charge in [-0.3, -0.25) is 0 Å². The van der Waals surface area contributed by atoms with Gasteiger partial charge < -0.3 is 9.84 Å². The molecule has 0 aliphatic rings. The average Bonchev–Trinajstić information content (AvgIpc) is 2.79. The fourth-order valence-corrected chi connectivity index (χ4v) is 3.65. The molecule has 3 aromatic carbocycles. The van der Waals surface area contributed by atoms with Crippen LogP contribution in [0, 0.1) is 0 Å². The van der Waals surface area contributed by atoms with Gasteiger partial charge in [-0.15, -0.1) is 0 Å². The van der Waals surface area contributed by atoms with Crippen molar-refractivity contribution in [1.82, 2.24) is 4.98 Å². The van der Waals surface area contributed by atoms with E-state index < -0.39 is 0 Å². The van der Waals surface area contributed by atoms with Crippen LogP contribution in [0.15, 0.2) is 91.0 Å². The van der Waals surface area contributed by atoms with Crippen LogP contribution in [0.5, 0.6) is 5.75 Å². The number of aromatic nitrogens is 1. The lowest BCUT2D eigenvalue weighted by Crippen LogP contribution is -2.03. The van der Waals surface area contributed by atoms with E-state index in [1.807, 2.05) is 42.5 Å². The molecule has 3 heteroatoms. The van der Waals surface area contributed by atoms with Gasteiger partial charge in [-0.05, 0) is 48.2 Å². The monoisotopic (exact) mass is 383 g/mol. The number of aliphatic hydroxyl groups is 1. The molecule has 1 aromatic heterocycles. The van der Waals surface area contributed by atoms with Gasteiger partial charge in [0.2, 0.25) is 0 Å². The highest BCUT2D eigenvalue weighted by molar-refractivity contribution is 5.78. The molecule has 29 heavy (non-hydrogen) atoms. The molecule has 0 fully saturated rings. The highest BCUT2D eigenvalue weighted by Gasteiger charge is 2.13. The molecule has 3 nitrogen and oxygen atoms in total. The number of para-hydroxylation sites is 1. The molecule has 1 heterocycles. The Labute approximate surface area is 171 Å². The van der Waals surface area contributed by atoms with Crippen molar-refractivity contribution in [2.75, 3.05) is 6.61 Å². The lowest BCUT2D eigenvalue weighted by molar-refractivity contribution is 0.282. The van der Waals surface area contributed by atoms with Crippen LogP contribution in [-0.2, 0) is 6.61 Å². The summed E-state index contributed by atoms with van der Waals surface area (Å²) in [5.74, 6) is 1.11. The molecular formula is C26H25NO2. The molecule has 0 saturated heterocycles. The Morgan fingerprint density at radius 1 is 0.759 bits per heavy atom. The number of hydrogen-bond donors (Lipinski definition) is 1. The summed E-state index contributed by atoms with van der Waals surface area (Å²) in [6.45, 7) is 0.653. The Bertz CT molecular complexity index is 1040. The molecule has 4 rings (SSSR count). The summed E-state index contributed by atoms with van der Waals surface area (Å²) in [7, 11) is 0. The molecule has 1 N–H and O–H groups in total. The van der Waals surface area contributed by atoms with E-state index in [1.54, 1.807) is 0 Å². The predicted molar refractivity (Wildman–Crippen MR) is 117 cm³/mol. The zero-order valence-corrected chi connectivity index (χ0v) is 16.4. The van der Waals surface area contributed by atoms with Crippen LogP contribution in [0.1, 0.15) is 35.6 Å². The SMILES string of the molecule is OCCCC(c1ccccc1)c1ccc(OCc2ccc3ccccc3n2)cc1. The van der Waals surface area contributed by atoms with Gasteiger partial charge in [-0.2, -0.15) is 0 Å². The first-order valence-corrected chi connectivity index (χ1v) is 10.1. The highest BCUT2D eigenvalue weighted by atomic mass is 16.5. The Hall–Kier alpha value is -3.17. The van der Waals surface area contributed by atoms with E-state index in [2.05, 4.69) is 53.5 Å². The van der Waals surface area contributed by atoms with E-state index in [-0.39, 0.29) is 12.5 Å². The van der Waals surface area contributed by atoms with Gasteiger partial charge in [0, 0.05) is 17.9 Å². The zero-order chi connectivity index (χ0) is 19.9. The second kappa shape index (κ2) is 9.35. The summed E-state index contributed by atoms with van der Waals surface area (Å²) in [5.41, 5.74) is 4.41. The van der Waals surface area contributed by atoms with E-state index >= 15 is 0 Å². The van der Waals surface area contributed by atoms with Crippen LogP contribution in [0.4, 0.5) is 0 Å². The number of hydrogen-bond acceptors (Lipinski definition) is 3. The lowest BCUT2D eigenvalue weighted by Gasteiger charge is -2.18. The molecular weight excluding hydrogens is 358 g/mol. The summed E-state index contributed by atoms with van der Waals surface area (Å²) < 4.78 is 5.96. The fraction of sp³-hybridized carbons (Fsp3) is 0.192. The summed E-state index contributed by atoms with van der Waals surface area (Å²) in [6.07, 6.45) is 1.70. The maximum Gasteiger partial charge on any atom is 0.130 e. The third-order valence-corrected chi connectivity index (χ3v) is 5.18. The molecule has 146 valence electrons. The standard InChI is InChI=1S/C26H25NO2/c28-18-6-10-25(20-7-2-1-3-8-20)21-13-16-24(17-14-21)29-19-23-15-12-22-9-4-5-11-26(22)27-23/h1-5,7-9,11-17,25,28H,6,10,18-19H2. The van der Waals surface area contributed by atoms with E-state index in [4.69, 9.17) is 4.74 Å². The lowest BCUT2D eigenvalue weighted by atomic mass is 9.87. The summed E-state index contributed by atoms with van der Waals surface area (Å²) in [6, 6.07) is 30.9. The first-order chi connectivity index (χ1) is 14.3. The topological polar surface area (TPSA) is 42.4 Å². The van der Waals surface area contributed by atoms with Crippen LogP contribution in [0.25, 0.3) is 10.9 Å². The molecule has 1 unspecified atom stereocenters. The van der Waals surface area contributed by atoms with Crippen molar-refractivity contribution in [2.24, 2.45) is 0 Å². The predicted octanol–water partition coefficient (Wildman–Crippen LogP) is 5.72. The number of rotatable bonds is 8. The molecule has 0 aliphatic carbocycles. The van der Waals surface area contributed by atoms with Gasteiger partial charge in [-0.25, -0.2) is 4.98 Å². The van der Waals surface area contributed by atoms with Gasteiger partial charge >= 0.3 is 0 Å². The normalized spacial score (nSPS) is 12.0. The van der Waals surface area contributed by atoms with Crippen molar-refractivity contribution in [3.63, 3.8) is 0 Å². The largest absolute Gasteiger partial charge is 0.487 e. The second-order valence-electron chi connectivity index (χ2n) is 7.18. The first-order valence-electron chi connectivity index (χ1n) is 10.1. The van der Waals surface area contributed by atoms with Crippen LogP contribution >= 0.6 is 0 Å². The number of pyridine rings is 1. The number of ether oxygens (including phenoxy) is 1. The third-order valence-electron chi connectivity index (χ3n) is 5.18. The van der Waals surface area contributed by atoms with Crippen LogP contribution < -0.4 is 4.74 Å². The number of aliphatic hydroxyl groups excluding tert-OH is 1. The van der Waals surface area contributed by atoms with Crippen molar-refractivity contribution in [3.05, 3.63) is 108 Å². The van der Waals surface area contributed by atoms with E-state index in [1.165, 1.54) is 11.1 Å². The minimum atomic E-state index is 0.212. The van der Waals surface area contributed by atoms with Crippen molar-refractivity contribution < 1.29 is 9.84 Å². The van der Waals surface area contributed by atoms with Gasteiger partial charge in [0.25, 0.3) is 0 Å². The summed E-state index contributed by atoms with van der Waals surface area (Å²) >= 11 is 0. The smallest absolute Gasteiger partial charge is 0.130 e. The highest BCUT2D eigenvalue weighted by Crippen LogP contribution is 2.30. The number of benzene rings is 3. The minimum absolute atomic E-state index is 0.212. The van der Waals surface area contributed by atoms with Crippen molar-refractivity contribution in [1.29, 1.82) is 0 Å². The average molecular weight is 383 g/mol. The Kier molecular flexibility index (Phi) is 6.18. The van der Waals surface area contributed by atoms with Crippen molar-refractivity contribution in [2.45, 2.75) is 25.4 Å². The molecule has 4 aromatic rings. The third kappa shape index (κ3) is 4.82. The molecule has 0 amide bonds. The number of nitrogens with zero attached hydrogens (tertiary/aromatic N) is 1. The zero-order valence-electron chi connectivity index (χ0n) is 16.4. The molecule has 0 aliphatic heterocycles. The van der Waals surface area contributed by atoms with Gasteiger partial charge in [0.15, 0.2) is 0 Å². The Morgan fingerprint density at radius 3 is 2.28 bits per heavy atom. The Balaban J connectivity index is 1.45. The molecule has 0 bridgehead atoms. The van der Waals surface area contributed by atoms with Crippen LogP contribution in [0.3, 0.4) is 0 Å². The minimum Gasteiger partial charge on any atom is -0.487 e. The maximum atomic E-state index is 9.27. The van der Waals surface area contributed by atoms with E-state index in [0.717, 1.165) is 35.2 Å². The molecule has 0 saturated carbocycles. The molecule has 1 atom stereocenters.